The molecule has 6 heteroatoms. The van der Waals surface area contributed by atoms with Gasteiger partial charge in [0.2, 0.25) is 0 Å². The lowest BCUT2D eigenvalue weighted by atomic mass is 10.0. The fourth-order valence-electron chi connectivity index (χ4n) is 3.58. The van der Waals surface area contributed by atoms with Gasteiger partial charge in [-0.15, -0.1) is 0 Å². The molecule has 0 amide bonds. The number of hydrogen-bond donors (Lipinski definition) is 0. The Bertz CT molecular complexity index is 678. The summed E-state index contributed by atoms with van der Waals surface area (Å²) in [5, 5.41) is 0. The van der Waals surface area contributed by atoms with E-state index in [0.29, 0.717) is 17.7 Å². The second-order valence-corrected chi connectivity index (χ2v) is 6.16. The van der Waals surface area contributed by atoms with Gasteiger partial charge in [0.05, 0.1) is 0 Å². The van der Waals surface area contributed by atoms with Crippen LogP contribution in [0.1, 0.15) is 5.69 Å². The average Bonchev–Trinajstić information content (AvgIpc) is 3.06. The van der Waals surface area contributed by atoms with E-state index in [1.165, 1.54) is 6.07 Å². The Morgan fingerprint density at radius 2 is 1.77 bits per heavy atom. The molecule has 0 bridgehead atoms. The predicted octanol–water partition coefficient (Wildman–Crippen LogP) is 1.89. The third-order valence-electron chi connectivity index (χ3n) is 4.64. The lowest BCUT2D eigenvalue weighted by Gasteiger charge is -2.23. The van der Waals surface area contributed by atoms with Gasteiger partial charge in [0.15, 0.2) is 11.6 Å². The number of anilines is 2. The first-order valence-electron chi connectivity index (χ1n) is 7.60. The van der Waals surface area contributed by atoms with Crippen LogP contribution in [0.15, 0.2) is 30.7 Å². The number of nitrogens with zero attached hydrogens (tertiary/aromatic N) is 5. The van der Waals surface area contributed by atoms with Crippen LogP contribution in [-0.2, 0) is 0 Å². The third-order valence-corrected chi connectivity index (χ3v) is 4.64. The topological polar surface area (TPSA) is 45.2 Å². The van der Waals surface area contributed by atoms with Gasteiger partial charge in [-0.2, -0.15) is 0 Å². The van der Waals surface area contributed by atoms with Crippen molar-refractivity contribution in [3.8, 4) is 0 Å². The highest BCUT2D eigenvalue weighted by Gasteiger charge is 2.41. The summed E-state index contributed by atoms with van der Waals surface area (Å²) < 4.78 is 13.9. The third kappa shape index (κ3) is 2.28. The van der Waals surface area contributed by atoms with Crippen LogP contribution in [0.25, 0.3) is 0 Å². The SMILES string of the molecule is Cc1cc(N2CC3CN(c4ncccc4F)CC3C2)ncn1. The van der Waals surface area contributed by atoms with Crippen molar-refractivity contribution in [2.45, 2.75) is 6.92 Å². The van der Waals surface area contributed by atoms with E-state index in [2.05, 4.69) is 24.8 Å². The first-order chi connectivity index (χ1) is 10.7. The van der Waals surface area contributed by atoms with Crippen molar-refractivity contribution >= 4 is 11.6 Å². The van der Waals surface area contributed by atoms with E-state index in [1.807, 2.05) is 13.0 Å². The fourth-order valence-corrected chi connectivity index (χ4v) is 3.58. The van der Waals surface area contributed by atoms with Crippen molar-refractivity contribution in [1.29, 1.82) is 0 Å². The van der Waals surface area contributed by atoms with Crippen molar-refractivity contribution < 1.29 is 4.39 Å². The van der Waals surface area contributed by atoms with Crippen LogP contribution in [-0.4, -0.2) is 41.1 Å². The lowest BCUT2D eigenvalue weighted by molar-refractivity contribution is 0.533. The molecule has 2 aliphatic heterocycles. The quantitative estimate of drug-likeness (QED) is 0.847. The number of fused-ring (bicyclic) bond motifs is 1. The minimum atomic E-state index is -0.231. The Morgan fingerprint density at radius 1 is 1.05 bits per heavy atom. The van der Waals surface area contributed by atoms with Gasteiger partial charge in [-0.1, -0.05) is 0 Å². The standard InChI is InChI=1S/C16H18FN5/c1-11-5-15(20-10-19-11)21-6-12-8-22(9-13(12)7-21)16-14(17)3-2-4-18-16/h2-5,10,12-13H,6-9H2,1H3. The Labute approximate surface area is 128 Å². The van der Waals surface area contributed by atoms with E-state index in [0.717, 1.165) is 37.7 Å². The molecule has 2 aromatic heterocycles. The van der Waals surface area contributed by atoms with Gasteiger partial charge in [0.1, 0.15) is 12.1 Å². The average molecular weight is 299 g/mol. The van der Waals surface area contributed by atoms with Gasteiger partial charge in [-0.25, -0.2) is 19.3 Å². The molecule has 5 nitrogen and oxygen atoms in total. The molecule has 2 atom stereocenters. The first kappa shape index (κ1) is 13.4. The van der Waals surface area contributed by atoms with E-state index in [1.54, 1.807) is 18.6 Å². The summed E-state index contributed by atoms with van der Waals surface area (Å²) in [6.07, 6.45) is 3.27. The number of pyridine rings is 1. The molecular weight excluding hydrogens is 281 g/mol. The molecule has 4 heterocycles. The summed E-state index contributed by atoms with van der Waals surface area (Å²) in [5.41, 5.74) is 0.985. The van der Waals surface area contributed by atoms with Crippen molar-refractivity contribution in [1.82, 2.24) is 15.0 Å². The number of rotatable bonds is 2. The molecule has 0 radical (unpaired) electrons. The van der Waals surface area contributed by atoms with Crippen molar-refractivity contribution in [3.05, 3.63) is 42.2 Å². The van der Waals surface area contributed by atoms with Crippen LogP contribution in [0, 0.1) is 24.6 Å². The number of halogens is 1. The van der Waals surface area contributed by atoms with Crippen LogP contribution < -0.4 is 9.80 Å². The Hall–Kier alpha value is -2.24. The summed E-state index contributed by atoms with van der Waals surface area (Å²) in [7, 11) is 0. The predicted molar refractivity (Wildman–Crippen MR) is 82.4 cm³/mol. The van der Waals surface area contributed by atoms with Gasteiger partial charge < -0.3 is 9.80 Å². The maximum atomic E-state index is 13.9. The van der Waals surface area contributed by atoms with E-state index in [-0.39, 0.29) is 5.82 Å². The van der Waals surface area contributed by atoms with E-state index < -0.39 is 0 Å². The Kier molecular flexibility index (Phi) is 3.17. The number of aromatic nitrogens is 3. The molecule has 2 fully saturated rings. The smallest absolute Gasteiger partial charge is 0.165 e. The monoisotopic (exact) mass is 299 g/mol. The Morgan fingerprint density at radius 3 is 2.45 bits per heavy atom. The van der Waals surface area contributed by atoms with Crippen molar-refractivity contribution in [2.24, 2.45) is 11.8 Å². The highest BCUT2D eigenvalue weighted by molar-refractivity contribution is 5.45. The summed E-state index contributed by atoms with van der Waals surface area (Å²) in [5.74, 6) is 2.33. The van der Waals surface area contributed by atoms with E-state index in [9.17, 15) is 4.39 Å². The fraction of sp³-hybridized carbons (Fsp3) is 0.438. The van der Waals surface area contributed by atoms with Crippen LogP contribution in [0.2, 0.25) is 0 Å². The first-order valence-corrected chi connectivity index (χ1v) is 7.60. The summed E-state index contributed by atoms with van der Waals surface area (Å²) >= 11 is 0. The van der Waals surface area contributed by atoms with E-state index >= 15 is 0 Å². The molecule has 0 saturated carbocycles. The van der Waals surface area contributed by atoms with Gasteiger partial charge >= 0.3 is 0 Å². The highest BCUT2D eigenvalue weighted by Crippen LogP contribution is 2.35. The second kappa shape index (κ2) is 5.19. The Balaban J connectivity index is 1.48. The molecule has 114 valence electrons. The molecule has 4 rings (SSSR count). The largest absolute Gasteiger partial charge is 0.356 e. The zero-order valence-electron chi connectivity index (χ0n) is 12.5. The van der Waals surface area contributed by atoms with E-state index in [4.69, 9.17) is 0 Å². The summed E-state index contributed by atoms with van der Waals surface area (Å²) in [6.45, 7) is 5.63. The lowest BCUT2D eigenvalue weighted by Crippen LogP contribution is -2.30. The van der Waals surface area contributed by atoms with Crippen LogP contribution >= 0.6 is 0 Å². The number of hydrogen-bond acceptors (Lipinski definition) is 5. The maximum Gasteiger partial charge on any atom is 0.165 e. The molecule has 2 saturated heterocycles. The highest BCUT2D eigenvalue weighted by atomic mass is 19.1. The molecule has 0 spiro atoms. The van der Waals surface area contributed by atoms with Crippen molar-refractivity contribution in [2.75, 3.05) is 36.0 Å². The van der Waals surface area contributed by atoms with Crippen LogP contribution in [0.3, 0.4) is 0 Å². The molecule has 0 aliphatic carbocycles. The molecule has 2 unspecified atom stereocenters. The minimum Gasteiger partial charge on any atom is -0.356 e. The summed E-state index contributed by atoms with van der Waals surface area (Å²) in [4.78, 5) is 17.1. The molecule has 2 aromatic rings. The van der Waals surface area contributed by atoms with Crippen LogP contribution in [0.4, 0.5) is 16.0 Å². The normalized spacial score (nSPS) is 23.9. The molecule has 0 N–H and O–H groups in total. The van der Waals surface area contributed by atoms with Crippen LogP contribution in [0.5, 0.6) is 0 Å². The minimum absolute atomic E-state index is 0.231. The van der Waals surface area contributed by atoms with Gasteiger partial charge in [0, 0.05) is 56.0 Å². The molecule has 2 aliphatic rings. The molecule has 22 heavy (non-hydrogen) atoms. The molecular formula is C16H18FN5. The molecule has 0 aromatic carbocycles. The van der Waals surface area contributed by atoms with Gasteiger partial charge in [-0.3, -0.25) is 0 Å². The van der Waals surface area contributed by atoms with Gasteiger partial charge in [-0.05, 0) is 19.1 Å². The van der Waals surface area contributed by atoms with Crippen molar-refractivity contribution in [3.63, 3.8) is 0 Å². The maximum absolute atomic E-state index is 13.9. The summed E-state index contributed by atoms with van der Waals surface area (Å²) in [6, 6.07) is 5.14. The zero-order valence-corrected chi connectivity index (χ0v) is 12.5. The zero-order chi connectivity index (χ0) is 15.1. The number of aryl methyl sites for hydroxylation is 1. The second-order valence-electron chi connectivity index (χ2n) is 6.16. The van der Waals surface area contributed by atoms with Gasteiger partial charge in [0.25, 0.3) is 0 Å².